The molecule has 2 aromatic carbocycles. The standard InChI is InChI=1S/C15H15NO2S/c1-16-14(11-12-7-3-2-4-8-12)13-9-5-6-10-15(13)19(16,17)18/h2-10,14H,11H2,1H3. The van der Waals surface area contributed by atoms with Crippen LogP contribution in [0.5, 0.6) is 0 Å². The first kappa shape index (κ1) is 12.4. The van der Waals surface area contributed by atoms with E-state index in [1.807, 2.05) is 42.5 Å². The molecule has 0 spiro atoms. The molecule has 1 aliphatic heterocycles. The van der Waals surface area contributed by atoms with E-state index >= 15 is 0 Å². The molecule has 19 heavy (non-hydrogen) atoms. The Morgan fingerprint density at radius 1 is 1.00 bits per heavy atom. The lowest BCUT2D eigenvalue weighted by atomic mass is 9.99. The first-order valence-electron chi connectivity index (χ1n) is 6.21. The van der Waals surface area contributed by atoms with Crippen molar-refractivity contribution < 1.29 is 8.42 Å². The maximum atomic E-state index is 12.3. The third kappa shape index (κ3) is 1.97. The van der Waals surface area contributed by atoms with Crippen LogP contribution in [0.25, 0.3) is 0 Å². The van der Waals surface area contributed by atoms with Crippen LogP contribution in [0, 0.1) is 0 Å². The van der Waals surface area contributed by atoms with Crippen molar-refractivity contribution in [3.63, 3.8) is 0 Å². The fourth-order valence-electron chi connectivity index (χ4n) is 2.59. The number of benzene rings is 2. The van der Waals surface area contributed by atoms with Crippen LogP contribution < -0.4 is 0 Å². The third-order valence-corrected chi connectivity index (χ3v) is 5.59. The molecule has 1 aliphatic rings. The fourth-order valence-corrected chi connectivity index (χ4v) is 4.17. The molecule has 0 bridgehead atoms. The molecule has 0 saturated carbocycles. The molecular weight excluding hydrogens is 258 g/mol. The Bertz CT molecular complexity index is 695. The minimum atomic E-state index is -3.32. The van der Waals surface area contributed by atoms with Gasteiger partial charge in [0.05, 0.1) is 10.9 Å². The molecular formula is C15H15NO2S. The third-order valence-electron chi connectivity index (χ3n) is 3.65. The van der Waals surface area contributed by atoms with Crippen molar-refractivity contribution >= 4 is 10.0 Å². The summed E-state index contributed by atoms with van der Waals surface area (Å²) in [5.74, 6) is 0. The zero-order valence-corrected chi connectivity index (χ0v) is 11.5. The molecule has 4 heteroatoms. The van der Waals surface area contributed by atoms with Gasteiger partial charge in [-0.25, -0.2) is 8.42 Å². The summed E-state index contributed by atoms with van der Waals surface area (Å²) in [5, 5.41) is 0. The van der Waals surface area contributed by atoms with E-state index in [1.165, 1.54) is 4.31 Å². The molecule has 0 N–H and O–H groups in total. The van der Waals surface area contributed by atoms with Gasteiger partial charge in [-0.1, -0.05) is 48.5 Å². The zero-order chi connectivity index (χ0) is 13.5. The smallest absolute Gasteiger partial charge is 0.207 e. The van der Waals surface area contributed by atoms with Crippen molar-refractivity contribution in [1.82, 2.24) is 4.31 Å². The molecule has 1 heterocycles. The number of sulfonamides is 1. The van der Waals surface area contributed by atoms with Crippen LogP contribution in [0.2, 0.25) is 0 Å². The minimum Gasteiger partial charge on any atom is -0.207 e. The van der Waals surface area contributed by atoms with Gasteiger partial charge in [0.2, 0.25) is 10.0 Å². The lowest BCUT2D eigenvalue weighted by Gasteiger charge is -2.18. The Morgan fingerprint density at radius 2 is 1.63 bits per heavy atom. The molecule has 3 nitrogen and oxygen atoms in total. The normalized spacial score (nSPS) is 21.2. The number of likely N-dealkylation sites (N-methyl/N-ethyl adjacent to an activating group) is 1. The van der Waals surface area contributed by atoms with E-state index in [-0.39, 0.29) is 6.04 Å². The van der Waals surface area contributed by atoms with Crippen molar-refractivity contribution in [3.05, 3.63) is 65.7 Å². The van der Waals surface area contributed by atoms with Crippen molar-refractivity contribution in [3.8, 4) is 0 Å². The summed E-state index contributed by atoms with van der Waals surface area (Å²) in [6.07, 6.45) is 0.702. The minimum absolute atomic E-state index is 0.108. The topological polar surface area (TPSA) is 37.4 Å². The molecule has 1 unspecified atom stereocenters. The summed E-state index contributed by atoms with van der Waals surface area (Å²) in [5.41, 5.74) is 2.04. The molecule has 0 amide bonds. The predicted molar refractivity (Wildman–Crippen MR) is 74.3 cm³/mol. The lowest BCUT2D eigenvalue weighted by Crippen LogP contribution is -2.24. The maximum absolute atomic E-state index is 12.3. The van der Waals surface area contributed by atoms with Crippen molar-refractivity contribution in [1.29, 1.82) is 0 Å². The van der Waals surface area contributed by atoms with Crippen LogP contribution in [0.15, 0.2) is 59.5 Å². The summed E-state index contributed by atoms with van der Waals surface area (Å²) in [6, 6.07) is 17.1. The Labute approximate surface area is 113 Å². The average molecular weight is 273 g/mol. The van der Waals surface area contributed by atoms with Gasteiger partial charge in [-0.15, -0.1) is 0 Å². The Morgan fingerprint density at radius 3 is 2.37 bits per heavy atom. The van der Waals surface area contributed by atoms with E-state index in [0.717, 1.165) is 11.1 Å². The van der Waals surface area contributed by atoms with Crippen molar-refractivity contribution in [2.75, 3.05) is 7.05 Å². The highest BCUT2D eigenvalue weighted by atomic mass is 32.2. The summed E-state index contributed by atoms with van der Waals surface area (Å²) in [4.78, 5) is 0.443. The van der Waals surface area contributed by atoms with Gasteiger partial charge in [-0.3, -0.25) is 0 Å². The van der Waals surface area contributed by atoms with Crippen molar-refractivity contribution in [2.24, 2.45) is 0 Å². The van der Waals surface area contributed by atoms with E-state index in [1.54, 1.807) is 19.2 Å². The summed E-state index contributed by atoms with van der Waals surface area (Å²) < 4.78 is 26.1. The van der Waals surface area contributed by atoms with Crippen LogP contribution in [0.1, 0.15) is 17.2 Å². The van der Waals surface area contributed by atoms with E-state index in [9.17, 15) is 8.42 Å². The SMILES string of the molecule is CN1C(Cc2ccccc2)c2ccccc2S1(=O)=O. The van der Waals surface area contributed by atoms with E-state index in [2.05, 4.69) is 0 Å². The fraction of sp³-hybridized carbons (Fsp3) is 0.200. The Balaban J connectivity index is 2.04. The molecule has 1 atom stereocenters. The number of hydrogen-bond donors (Lipinski definition) is 0. The predicted octanol–water partition coefficient (Wildman–Crippen LogP) is 2.60. The van der Waals surface area contributed by atoms with Gasteiger partial charge in [0.15, 0.2) is 0 Å². The molecule has 2 aromatic rings. The van der Waals surface area contributed by atoms with Crippen LogP contribution in [-0.4, -0.2) is 19.8 Å². The van der Waals surface area contributed by atoms with Crippen LogP contribution in [-0.2, 0) is 16.4 Å². The Hall–Kier alpha value is -1.65. The molecule has 0 aromatic heterocycles. The molecule has 3 rings (SSSR count). The van der Waals surface area contributed by atoms with E-state index in [4.69, 9.17) is 0 Å². The number of fused-ring (bicyclic) bond motifs is 1. The molecule has 0 saturated heterocycles. The number of hydrogen-bond acceptors (Lipinski definition) is 2. The van der Waals surface area contributed by atoms with Gasteiger partial charge in [-0.05, 0) is 23.6 Å². The zero-order valence-electron chi connectivity index (χ0n) is 10.7. The lowest BCUT2D eigenvalue weighted by molar-refractivity contribution is 0.393. The second kappa shape index (κ2) is 4.47. The van der Waals surface area contributed by atoms with Gasteiger partial charge >= 0.3 is 0 Å². The summed E-state index contributed by atoms with van der Waals surface area (Å²) in [6.45, 7) is 0. The highest BCUT2D eigenvalue weighted by molar-refractivity contribution is 7.89. The highest BCUT2D eigenvalue weighted by Crippen LogP contribution is 2.39. The van der Waals surface area contributed by atoms with Gasteiger partial charge in [0.1, 0.15) is 0 Å². The second-order valence-corrected chi connectivity index (χ2v) is 6.73. The molecule has 98 valence electrons. The monoisotopic (exact) mass is 273 g/mol. The summed E-state index contributed by atoms with van der Waals surface area (Å²) in [7, 11) is -1.66. The first-order chi connectivity index (χ1) is 9.10. The van der Waals surface area contributed by atoms with Crippen molar-refractivity contribution in [2.45, 2.75) is 17.4 Å². The van der Waals surface area contributed by atoms with E-state index < -0.39 is 10.0 Å². The van der Waals surface area contributed by atoms with Gasteiger partial charge in [0.25, 0.3) is 0 Å². The van der Waals surface area contributed by atoms with E-state index in [0.29, 0.717) is 11.3 Å². The number of rotatable bonds is 2. The molecule has 0 aliphatic carbocycles. The quantitative estimate of drug-likeness (QED) is 0.843. The maximum Gasteiger partial charge on any atom is 0.243 e. The number of nitrogens with zero attached hydrogens (tertiary/aromatic N) is 1. The molecule has 0 fully saturated rings. The van der Waals surface area contributed by atoms with Crippen LogP contribution in [0.4, 0.5) is 0 Å². The average Bonchev–Trinajstić information content (AvgIpc) is 2.62. The van der Waals surface area contributed by atoms with Crippen LogP contribution in [0.3, 0.4) is 0 Å². The largest absolute Gasteiger partial charge is 0.243 e. The van der Waals surface area contributed by atoms with Crippen LogP contribution >= 0.6 is 0 Å². The van der Waals surface area contributed by atoms with Gasteiger partial charge in [-0.2, -0.15) is 4.31 Å². The Kier molecular flexibility index (Phi) is 2.92. The second-order valence-electron chi connectivity index (χ2n) is 4.76. The highest BCUT2D eigenvalue weighted by Gasteiger charge is 2.39. The van der Waals surface area contributed by atoms with Gasteiger partial charge in [0, 0.05) is 7.05 Å². The molecule has 0 radical (unpaired) electrons. The summed E-state index contributed by atoms with van der Waals surface area (Å²) >= 11 is 0. The first-order valence-corrected chi connectivity index (χ1v) is 7.65. The van der Waals surface area contributed by atoms with Gasteiger partial charge < -0.3 is 0 Å².